The average molecular weight is 298 g/mol. The molecule has 90 valence electrons. The Morgan fingerprint density at radius 3 is 2.82 bits per heavy atom. The van der Waals surface area contributed by atoms with Crippen LogP contribution in [0.1, 0.15) is 11.3 Å². The largest absolute Gasteiger partial charge is 0.380 e. The van der Waals surface area contributed by atoms with E-state index in [2.05, 4.69) is 26.3 Å². The van der Waals surface area contributed by atoms with Gasteiger partial charge >= 0.3 is 0 Å². The lowest BCUT2D eigenvalue weighted by Gasteiger charge is -2.07. The SMILES string of the molecule is Cc1nn(C)cc1CNc1ccc(F)cc1Br. The van der Waals surface area contributed by atoms with Gasteiger partial charge in [-0.25, -0.2) is 4.39 Å². The first-order chi connectivity index (χ1) is 8.06. The first-order valence-corrected chi connectivity index (χ1v) is 6.03. The molecule has 0 spiro atoms. The molecule has 0 atom stereocenters. The van der Waals surface area contributed by atoms with Crippen LogP contribution in [0.5, 0.6) is 0 Å². The number of benzene rings is 1. The van der Waals surface area contributed by atoms with Gasteiger partial charge in [-0.05, 0) is 41.1 Å². The van der Waals surface area contributed by atoms with Crippen molar-refractivity contribution in [3.05, 3.63) is 45.9 Å². The Labute approximate surface area is 108 Å². The van der Waals surface area contributed by atoms with Gasteiger partial charge in [-0.15, -0.1) is 0 Å². The summed E-state index contributed by atoms with van der Waals surface area (Å²) in [5.41, 5.74) is 3.00. The van der Waals surface area contributed by atoms with E-state index in [1.807, 2.05) is 20.2 Å². The van der Waals surface area contributed by atoms with Crippen molar-refractivity contribution in [1.29, 1.82) is 0 Å². The molecule has 0 bridgehead atoms. The van der Waals surface area contributed by atoms with E-state index in [4.69, 9.17) is 0 Å². The molecule has 3 nitrogen and oxygen atoms in total. The molecule has 17 heavy (non-hydrogen) atoms. The van der Waals surface area contributed by atoms with Gasteiger partial charge < -0.3 is 5.32 Å². The van der Waals surface area contributed by atoms with Gasteiger partial charge in [0.05, 0.1) is 5.69 Å². The number of rotatable bonds is 3. The van der Waals surface area contributed by atoms with Gasteiger partial charge in [0, 0.05) is 35.5 Å². The minimum Gasteiger partial charge on any atom is -0.380 e. The highest BCUT2D eigenvalue weighted by molar-refractivity contribution is 9.10. The molecule has 5 heteroatoms. The summed E-state index contributed by atoms with van der Waals surface area (Å²) in [5.74, 6) is -0.250. The monoisotopic (exact) mass is 297 g/mol. The Kier molecular flexibility index (Phi) is 3.47. The van der Waals surface area contributed by atoms with E-state index in [0.717, 1.165) is 21.4 Å². The van der Waals surface area contributed by atoms with Crippen LogP contribution in [0.3, 0.4) is 0 Å². The summed E-state index contributed by atoms with van der Waals surface area (Å²) < 4.78 is 15.4. The summed E-state index contributed by atoms with van der Waals surface area (Å²) in [4.78, 5) is 0. The molecule has 1 aromatic carbocycles. The maximum atomic E-state index is 12.9. The van der Waals surface area contributed by atoms with Crippen LogP contribution in [0.25, 0.3) is 0 Å². The Morgan fingerprint density at radius 2 is 2.24 bits per heavy atom. The van der Waals surface area contributed by atoms with Gasteiger partial charge in [-0.1, -0.05) is 0 Å². The second-order valence-electron chi connectivity index (χ2n) is 3.89. The van der Waals surface area contributed by atoms with E-state index >= 15 is 0 Å². The summed E-state index contributed by atoms with van der Waals surface area (Å²) in [5, 5.41) is 7.51. The van der Waals surface area contributed by atoms with Gasteiger partial charge in [0.1, 0.15) is 5.82 Å². The van der Waals surface area contributed by atoms with E-state index in [9.17, 15) is 4.39 Å². The van der Waals surface area contributed by atoms with Crippen molar-refractivity contribution in [2.75, 3.05) is 5.32 Å². The van der Waals surface area contributed by atoms with Crippen molar-refractivity contribution >= 4 is 21.6 Å². The van der Waals surface area contributed by atoms with E-state index < -0.39 is 0 Å². The zero-order valence-electron chi connectivity index (χ0n) is 9.67. The van der Waals surface area contributed by atoms with Crippen molar-refractivity contribution in [3.8, 4) is 0 Å². The third-order valence-electron chi connectivity index (χ3n) is 2.52. The lowest BCUT2D eigenvalue weighted by molar-refractivity contribution is 0.627. The predicted octanol–water partition coefficient (Wildman–Crippen LogP) is 3.24. The molecule has 0 aliphatic heterocycles. The van der Waals surface area contributed by atoms with Crippen LogP contribution in [0.2, 0.25) is 0 Å². The normalized spacial score (nSPS) is 10.6. The molecule has 0 saturated heterocycles. The van der Waals surface area contributed by atoms with Crippen LogP contribution in [-0.4, -0.2) is 9.78 Å². The molecule has 2 rings (SSSR count). The number of anilines is 1. The van der Waals surface area contributed by atoms with Crippen LogP contribution in [-0.2, 0) is 13.6 Å². The van der Waals surface area contributed by atoms with Crippen molar-refractivity contribution in [1.82, 2.24) is 9.78 Å². The molecule has 0 aliphatic carbocycles. The lowest BCUT2D eigenvalue weighted by Crippen LogP contribution is -2.00. The summed E-state index contributed by atoms with van der Waals surface area (Å²) in [7, 11) is 1.89. The van der Waals surface area contributed by atoms with Crippen molar-refractivity contribution < 1.29 is 4.39 Å². The van der Waals surface area contributed by atoms with Gasteiger partial charge in [-0.3, -0.25) is 4.68 Å². The Balaban J connectivity index is 2.10. The Bertz CT molecular complexity index is 537. The van der Waals surface area contributed by atoms with E-state index in [-0.39, 0.29) is 5.82 Å². The molecule has 1 aromatic heterocycles. The number of halogens is 2. The molecular weight excluding hydrogens is 285 g/mol. The molecule has 2 aromatic rings. The van der Waals surface area contributed by atoms with Crippen molar-refractivity contribution in [3.63, 3.8) is 0 Å². The van der Waals surface area contributed by atoms with E-state index in [1.54, 1.807) is 10.7 Å². The first-order valence-electron chi connectivity index (χ1n) is 5.24. The minimum atomic E-state index is -0.250. The summed E-state index contributed by atoms with van der Waals surface area (Å²) >= 11 is 3.32. The summed E-state index contributed by atoms with van der Waals surface area (Å²) in [6.45, 7) is 2.64. The van der Waals surface area contributed by atoms with E-state index in [1.165, 1.54) is 12.1 Å². The average Bonchev–Trinajstić information content (AvgIpc) is 2.56. The summed E-state index contributed by atoms with van der Waals surface area (Å²) in [6.07, 6.45) is 1.97. The minimum absolute atomic E-state index is 0.250. The fraction of sp³-hybridized carbons (Fsp3) is 0.250. The number of aryl methyl sites for hydroxylation is 2. The molecule has 1 heterocycles. The zero-order chi connectivity index (χ0) is 12.4. The highest BCUT2D eigenvalue weighted by Crippen LogP contribution is 2.23. The highest BCUT2D eigenvalue weighted by Gasteiger charge is 2.05. The quantitative estimate of drug-likeness (QED) is 0.942. The van der Waals surface area contributed by atoms with Crippen LogP contribution >= 0.6 is 15.9 Å². The number of nitrogens with zero attached hydrogens (tertiary/aromatic N) is 2. The fourth-order valence-electron chi connectivity index (χ4n) is 1.65. The van der Waals surface area contributed by atoms with Gasteiger partial charge in [-0.2, -0.15) is 5.10 Å². The van der Waals surface area contributed by atoms with Crippen LogP contribution in [0.15, 0.2) is 28.9 Å². The second-order valence-corrected chi connectivity index (χ2v) is 4.75. The highest BCUT2D eigenvalue weighted by atomic mass is 79.9. The van der Waals surface area contributed by atoms with E-state index in [0.29, 0.717) is 6.54 Å². The molecule has 0 fully saturated rings. The van der Waals surface area contributed by atoms with Gasteiger partial charge in [0.15, 0.2) is 0 Å². The van der Waals surface area contributed by atoms with Crippen LogP contribution in [0.4, 0.5) is 10.1 Å². The van der Waals surface area contributed by atoms with Gasteiger partial charge in [0.2, 0.25) is 0 Å². The zero-order valence-corrected chi connectivity index (χ0v) is 11.3. The molecule has 1 N–H and O–H groups in total. The van der Waals surface area contributed by atoms with Crippen molar-refractivity contribution in [2.45, 2.75) is 13.5 Å². The first kappa shape index (κ1) is 12.1. The molecule has 0 aliphatic rings. The maximum Gasteiger partial charge on any atom is 0.124 e. The smallest absolute Gasteiger partial charge is 0.124 e. The number of hydrogen-bond acceptors (Lipinski definition) is 2. The molecule has 0 radical (unpaired) electrons. The van der Waals surface area contributed by atoms with Gasteiger partial charge in [0.25, 0.3) is 0 Å². The molecule has 0 saturated carbocycles. The fourth-order valence-corrected chi connectivity index (χ4v) is 2.14. The maximum absolute atomic E-state index is 12.9. The molecule has 0 unspecified atom stereocenters. The third kappa shape index (κ3) is 2.85. The lowest BCUT2D eigenvalue weighted by atomic mass is 10.2. The number of nitrogens with one attached hydrogen (secondary N) is 1. The number of aromatic nitrogens is 2. The van der Waals surface area contributed by atoms with Crippen molar-refractivity contribution in [2.24, 2.45) is 7.05 Å². The van der Waals surface area contributed by atoms with Crippen LogP contribution in [0, 0.1) is 12.7 Å². The third-order valence-corrected chi connectivity index (χ3v) is 3.17. The summed E-state index contributed by atoms with van der Waals surface area (Å²) in [6, 6.07) is 4.59. The predicted molar refractivity (Wildman–Crippen MR) is 69.4 cm³/mol. The number of hydrogen-bond donors (Lipinski definition) is 1. The molecule has 0 amide bonds. The Morgan fingerprint density at radius 1 is 1.47 bits per heavy atom. The molecular formula is C12H13BrFN3. The Hall–Kier alpha value is -1.36. The van der Waals surface area contributed by atoms with Crippen LogP contribution < -0.4 is 5.32 Å². The second kappa shape index (κ2) is 4.87. The standard InChI is InChI=1S/C12H13BrFN3/c1-8-9(7-17(2)16-8)6-15-12-4-3-10(14)5-11(12)13/h3-5,7,15H,6H2,1-2H3. The topological polar surface area (TPSA) is 29.9 Å².